The average Bonchev–Trinajstić information content (AvgIpc) is 2.92. The fraction of sp³-hybridized carbons (Fsp3) is 0.333. The molecule has 152 valence electrons. The van der Waals surface area contributed by atoms with Gasteiger partial charge in [-0.25, -0.2) is 0 Å². The summed E-state index contributed by atoms with van der Waals surface area (Å²) in [4.78, 5) is 27.8. The summed E-state index contributed by atoms with van der Waals surface area (Å²) < 4.78 is 5.43. The predicted octanol–water partition coefficient (Wildman–Crippen LogP) is 4.51. The summed E-state index contributed by atoms with van der Waals surface area (Å²) in [5, 5.41) is 10.7. The Bertz CT molecular complexity index is 984. The molecule has 2 aromatic rings. The molecule has 5 heteroatoms. The average molecular weight is 393 g/mol. The summed E-state index contributed by atoms with van der Waals surface area (Å²) >= 11 is 0. The number of nitrogens with zero attached hydrogens (tertiary/aromatic N) is 1. The Balaban J connectivity index is 2.14. The molecule has 0 fully saturated rings. The Hall–Kier alpha value is -3.08. The molecule has 0 aromatic heterocycles. The molecule has 3 rings (SSSR count). The maximum absolute atomic E-state index is 13.2. The number of methoxy groups -OCH3 is 1. The molecule has 5 nitrogen and oxygen atoms in total. The Labute approximate surface area is 171 Å². The molecule has 1 atom stereocenters. The lowest BCUT2D eigenvalue weighted by Gasteiger charge is -2.30. The molecule has 1 heterocycles. The first-order valence-corrected chi connectivity index (χ1v) is 9.63. The minimum Gasteiger partial charge on any atom is -0.503 e. The number of aliphatic hydroxyl groups is 1. The van der Waals surface area contributed by atoms with E-state index >= 15 is 0 Å². The van der Waals surface area contributed by atoms with E-state index in [1.54, 1.807) is 32.8 Å². The fourth-order valence-electron chi connectivity index (χ4n) is 3.69. The summed E-state index contributed by atoms with van der Waals surface area (Å²) in [5.74, 6) is -0.595. The van der Waals surface area contributed by atoms with E-state index in [1.807, 2.05) is 55.5 Å². The molecule has 1 aliphatic heterocycles. The summed E-state index contributed by atoms with van der Waals surface area (Å²) in [5.41, 5.74) is 2.01. The molecule has 0 bridgehead atoms. The van der Waals surface area contributed by atoms with Gasteiger partial charge in [-0.15, -0.1) is 0 Å². The van der Waals surface area contributed by atoms with Crippen LogP contribution < -0.4 is 4.74 Å². The van der Waals surface area contributed by atoms with Crippen molar-refractivity contribution in [1.82, 2.24) is 4.90 Å². The summed E-state index contributed by atoms with van der Waals surface area (Å²) in [6.07, 6.45) is 0. The van der Waals surface area contributed by atoms with Crippen LogP contribution in [0.15, 0.2) is 59.9 Å². The van der Waals surface area contributed by atoms with E-state index in [-0.39, 0.29) is 17.9 Å². The topological polar surface area (TPSA) is 66.8 Å². The van der Waals surface area contributed by atoms with Crippen molar-refractivity contribution in [3.05, 3.63) is 76.6 Å². The van der Waals surface area contributed by atoms with Gasteiger partial charge in [0.05, 0.1) is 25.3 Å². The van der Waals surface area contributed by atoms with Crippen molar-refractivity contribution in [2.45, 2.75) is 40.3 Å². The third-order valence-electron chi connectivity index (χ3n) is 5.25. The van der Waals surface area contributed by atoms with Crippen molar-refractivity contribution in [2.24, 2.45) is 5.41 Å². The third kappa shape index (κ3) is 3.77. The minimum absolute atomic E-state index is 0.159. The molecule has 2 aromatic carbocycles. The highest BCUT2D eigenvalue weighted by Crippen LogP contribution is 2.43. The number of rotatable bonds is 5. The second-order valence-corrected chi connectivity index (χ2v) is 8.35. The first-order chi connectivity index (χ1) is 13.7. The summed E-state index contributed by atoms with van der Waals surface area (Å²) in [6, 6.07) is 14.4. The largest absolute Gasteiger partial charge is 0.503 e. The van der Waals surface area contributed by atoms with Crippen molar-refractivity contribution in [3.63, 3.8) is 0 Å². The number of amides is 1. The number of carbonyl (C=O) groups excluding carboxylic acids is 2. The number of aliphatic hydroxyl groups excluding tert-OH is 1. The zero-order valence-corrected chi connectivity index (χ0v) is 17.5. The highest BCUT2D eigenvalue weighted by molar-refractivity contribution is 6.10. The van der Waals surface area contributed by atoms with Crippen molar-refractivity contribution in [1.29, 1.82) is 0 Å². The van der Waals surface area contributed by atoms with Gasteiger partial charge < -0.3 is 14.7 Å². The molecule has 0 aliphatic carbocycles. The van der Waals surface area contributed by atoms with E-state index in [1.165, 1.54) is 0 Å². The number of para-hydroxylation sites is 1. The van der Waals surface area contributed by atoms with E-state index in [4.69, 9.17) is 4.74 Å². The predicted molar refractivity (Wildman–Crippen MR) is 112 cm³/mol. The van der Waals surface area contributed by atoms with Crippen molar-refractivity contribution in [2.75, 3.05) is 7.11 Å². The molecule has 29 heavy (non-hydrogen) atoms. The van der Waals surface area contributed by atoms with Crippen LogP contribution in [0.25, 0.3) is 0 Å². The van der Waals surface area contributed by atoms with Crippen LogP contribution in [0.4, 0.5) is 0 Å². The van der Waals surface area contributed by atoms with Crippen LogP contribution in [0.5, 0.6) is 5.75 Å². The lowest BCUT2D eigenvalue weighted by atomic mass is 9.81. The van der Waals surface area contributed by atoms with Gasteiger partial charge in [0.25, 0.3) is 5.91 Å². The van der Waals surface area contributed by atoms with Crippen LogP contribution in [-0.2, 0) is 16.1 Å². The summed E-state index contributed by atoms with van der Waals surface area (Å²) in [6.45, 7) is 7.52. The molecular weight excluding hydrogens is 366 g/mol. The van der Waals surface area contributed by atoms with Gasteiger partial charge in [-0.1, -0.05) is 63.2 Å². The number of hydrogen-bond donors (Lipinski definition) is 1. The molecule has 1 amide bonds. The van der Waals surface area contributed by atoms with E-state index in [0.717, 1.165) is 16.7 Å². The Morgan fingerprint density at radius 2 is 1.72 bits per heavy atom. The van der Waals surface area contributed by atoms with Crippen molar-refractivity contribution in [3.8, 4) is 5.75 Å². The molecule has 1 aliphatic rings. The molecule has 0 spiro atoms. The Morgan fingerprint density at radius 1 is 1.10 bits per heavy atom. The Kier molecular flexibility index (Phi) is 5.51. The lowest BCUT2D eigenvalue weighted by Crippen LogP contribution is -2.33. The zero-order chi connectivity index (χ0) is 21.3. The van der Waals surface area contributed by atoms with Crippen LogP contribution in [-0.4, -0.2) is 28.8 Å². The highest BCUT2D eigenvalue weighted by atomic mass is 16.5. The number of ketones is 1. The number of aryl methyl sites for hydroxylation is 1. The van der Waals surface area contributed by atoms with E-state index in [9.17, 15) is 14.7 Å². The summed E-state index contributed by atoms with van der Waals surface area (Å²) in [7, 11) is 1.58. The Morgan fingerprint density at radius 3 is 2.34 bits per heavy atom. The van der Waals surface area contributed by atoms with E-state index in [0.29, 0.717) is 5.75 Å². The maximum atomic E-state index is 13.2. The first kappa shape index (κ1) is 20.6. The second kappa shape index (κ2) is 7.74. The van der Waals surface area contributed by atoms with Crippen LogP contribution in [0.2, 0.25) is 0 Å². The third-order valence-corrected chi connectivity index (χ3v) is 5.25. The number of benzene rings is 2. The standard InChI is InChI=1S/C24H27NO4/c1-15-10-6-8-12-17(15)20-19(22(27)24(2,3)4)21(26)23(28)25(20)14-16-11-7-9-13-18(16)29-5/h6-13,20,26H,14H2,1-5H3. The van der Waals surface area contributed by atoms with Gasteiger partial charge in [0.1, 0.15) is 5.75 Å². The van der Waals surface area contributed by atoms with Crippen LogP contribution in [0.1, 0.15) is 43.5 Å². The van der Waals surface area contributed by atoms with E-state index in [2.05, 4.69) is 0 Å². The number of carbonyl (C=O) groups is 2. The second-order valence-electron chi connectivity index (χ2n) is 8.35. The SMILES string of the molecule is COc1ccccc1CN1C(=O)C(O)=C(C(=O)C(C)(C)C)C1c1ccccc1C. The number of Topliss-reactive ketones (excluding diaryl/α,β-unsaturated/α-hetero) is 1. The first-order valence-electron chi connectivity index (χ1n) is 9.63. The molecule has 0 radical (unpaired) electrons. The molecule has 0 saturated carbocycles. The van der Waals surface area contributed by atoms with Gasteiger partial charge >= 0.3 is 0 Å². The van der Waals surface area contributed by atoms with Crippen LogP contribution in [0, 0.1) is 12.3 Å². The molecule has 1 unspecified atom stereocenters. The minimum atomic E-state index is -0.731. The van der Waals surface area contributed by atoms with Crippen molar-refractivity contribution < 1.29 is 19.4 Å². The highest BCUT2D eigenvalue weighted by Gasteiger charge is 2.46. The number of ether oxygens (including phenoxy) is 1. The van der Waals surface area contributed by atoms with E-state index < -0.39 is 23.1 Å². The van der Waals surface area contributed by atoms with Gasteiger partial charge in [-0.3, -0.25) is 9.59 Å². The van der Waals surface area contributed by atoms with Gasteiger partial charge in [0, 0.05) is 11.0 Å². The fourth-order valence-corrected chi connectivity index (χ4v) is 3.69. The van der Waals surface area contributed by atoms with Crippen molar-refractivity contribution >= 4 is 11.7 Å². The van der Waals surface area contributed by atoms with Gasteiger partial charge in [-0.2, -0.15) is 0 Å². The molecule has 1 N–H and O–H groups in total. The maximum Gasteiger partial charge on any atom is 0.290 e. The van der Waals surface area contributed by atoms with Crippen LogP contribution in [0.3, 0.4) is 0 Å². The van der Waals surface area contributed by atoms with Crippen LogP contribution >= 0.6 is 0 Å². The van der Waals surface area contributed by atoms with Gasteiger partial charge in [0.15, 0.2) is 11.5 Å². The monoisotopic (exact) mass is 393 g/mol. The van der Waals surface area contributed by atoms with Gasteiger partial charge in [-0.05, 0) is 24.1 Å². The molecular formula is C24H27NO4. The normalized spacial score (nSPS) is 17.1. The smallest absolute Gasteiger partial charge is 0.290 e. The quantitative estimate of drug-likeness (QED) is 0.811. The molecule has 0 saturated heterocycles. The number of hydrogen-bond acceptors (Lipinski definition) is 4. The zero-order valence-electron chi connectivity index (χ0n) is 17.5. The lowest BCUT2D eigenvalue weighted by molar-refractivity contribution is -0.130. The van der Waals surface area contributed by atoms with Gasteiger partial charge in [0.2, 0.25) is 0 Å².